The van der Waals surface area contributed by atoms with Crippen molar-refractivity contribution in [3.8, 4) is 5.75 Å². The second kappa shape index (κ2) is 5.25. The van der Waals surface area contributed by atoms with Crippen molar-refractivity contribution in [3.63, 3.8) is 0 Å². The molecule has 0 amide bonds. The SMILES string of the molecule is N=Cc1ccc(OCc2ccc(F)cc2)cc1. The second-order valence-corrected chi connectivity index (χ2v) is 3.63. The van der Waals surface area contributed by atoms with Gasteiger partial charge in [0.25, 0.3) is 0 Å². The number of benzene rings is 2. The first-order valence-corrected chi connectivity index (χ1v) is 5.26. The second-order valence-electron chi connectivity index (χ2n) is 3.63. The van der Waals surface area contributed by atoms with Gasteiger partial charge in [0.05, 0.1) is 0 Å². The van der Waals surface area contributed by atoms with E-state index in [4.69, 9.17) is 10.1 Å². The highest BCUT2D eigenvalue weighted by Gasteiger charge is 1.96. The van der Waals surface area contributed by atoms with Crippen molar-refractivity contribution >= 4 is 6.21 Å². The molecule has 0 heterocycles. The fourth-order valence-electron chi connectivity index (χ4n) is 1.41. The third-order valence-electron chi connectivity index (χ3n) is 2.37. The molecular weight excluding hydrogens is 217 g/mol. The average Bonchev–Trinajstić information content (AvgIpc) is 2.39. The number of ether oxygens (including phenoxy) is 1. The lowest BCUT2D eigenvalue weighted by atomic mass is 10.2. The highest BCUT2D eigenvalue weighted by molar-refractivity contribution is 5.76. The smallest absolute Gasteiger partial charge is 0.123 e. The van der Waals surface area contributed by atoms with E-state index < -0.39 is 0 Å². The number of rotatable bonds is 4. The van der Waals surface area contributed by atoms with Crippen LogP contribution in [0.5, 0.6) is 5.75 Å². The van der Waals surface area contributed by atoms with Gasteiger partial charge in [0, 0.05) is 6.21 Å². The zero-order chi connectivity index (χ0) is 12.1. The van der Waals surface area contributed by atoms with Crippen LogP contribution in [0.1, 0.15) is 11.1 Å². The molecule has 0 aliphatic heterocycles. The standard InChI is InChI=1S/C14H12FNO/c15-13-5-1-12(2-6-13)10-17-14-7-3-11(9-16)4-8-14/h1-9,16H,10H2. The van der Waals surface area contributed by atoms with Crippen LogP contribution in [0.25, 0.3) is 0 Å². The van der Waals surface area contributed by atoms with Gasteiger partial charge in [0.15, 0.2) is 0 Å². The number of hydrogen-bond acceptors (Lipinski definition) is 2. The Labute approximate surface area is 99.2 Å². The lowest BCUT2D eigenvalue weighted by molar-refractivity contribution is 0.306. The maximum atomic E-state index is 12.7. The van der Waals surface area contributed by atoms with Gasteiger partial charge in [-0.2, -0.15) is 0 Å². The van der Waals surface area contributed by atoms with E-state index in [0.717, 1.165) is 16.9 Å². The molecule has 0 aliphatic rings. The zero-order valence-corrected chi connectivity index (χ0v) is 9.19. The van der Waals surface area contributed by atoms with Crippen LogP contribution in [-0.2, 0) is 6.61 Å². The Balaban J connectivity index is 1.97. The molecule has 1 N–H and O–H groups in total. The largest absolute Gasteiger partial charge is 0.489 e. The molecule has 2 nitrogen and oxygen atoms in total. The first-order valence-electron chi connectivity index (χ1n) is 5.26. The van der Waals surface area contributed by atoms with E-state index in [-0.39, 0.29) is 5.82 Å². The first kappa shape index (κ1) is 11.3. The zero-order valence-electron chi connectivity index (χ0n) is 9.19. The van der Waals surface area contributed by atoms with Crippen LogP contribution in [0.2, 0.25) is 0 Å². The quantitative estimate of drug-likeness (QED) is 0.801. The fraction of sp³-hybridized carbons (Fsp3) is 0.0714. The Morgan fingerprint density at radius 2 is 1.65 bits per heavy atom. The highest BCUT2D eigenvalue weighted by Crippen LogP contribution is 2.13. The summed E-state index contributed by atoms with van der Waals surface area (Å²) < 4.78 is 18.2. The van der Waals surface area contributed by atoms with E-state index in [1.165, 1.54) is 18.3 Å². The van der Waals surface area contributed by atoms with E-state index in [2.05, 4.69) is 0 Å². The fourth-order valence-corrected chi connectivity index (χ4v) is 1.41. The van der Waals surface area contributed by atoms with E-state index in [1.54, 1.807) is 12.1 Å². The molecule has 2 rings (SSSR count). The van der Waals surface area contributed by atoms with Crippen molar-refractivity contribution < 1.29 is 9.13 Å². The Morgan fingerprint density at radius 3 is 2.24 bits per heavy atom. The summed E-state index contributed by atoms with van der Waals surface area (Å²) in [5, 5.41) is 7.07. The summed E-state index contributed by atoms with van der Waals surface area (Å²) in [6, 6.07) is 13.5. The molecular formula is C14H12FNO. The normalized spacial score (nSPS) is 9.94. The minimum absolute atomic E-state index is 0.246. The molecule has 0 aromatic heterocycles. The van der Waals surface area contributed by atoms with Crippen molar-refractivity contribution in [1.82, 2.24) is 0 Å². The number of halogens is 1. The summed E-state index contributed by atoms with van der Waals surface area (Å²) in [4.78, 5) is 0. The molecule has 2 aromatic rings. The Bertz CT molecular complexity index is 491. The van der Waals surface area contributed by atoms with Gasteiger partial charge in [-0.3, -0.25) is 0 Å². The van der Waals surface area contributed by atoms with Crippen molar-refractivity contribution in [1.29, 1.82) is 5.41 Å². The molecule has 0 spiro atoms. The molecule has 0 aliphatic carbocycles. The predicted octanol–water partition coefficient (Wildman–Crippen LogP) is 3.40. The summed E-state index contributed by atoms with van der Waals surface area (Å²) in [6.07, 6.45) is 1.28. The highest BCUT2D eigenvalue weighted by atomic mass is 19.1. The Kier molecular flexibility index (Phi) is 3.50. The van der Waals surface area contributed by atoms with Crippen LogP contribution in [0.4, 0.5) is 4.39 Å². The van der Waals surface area contributed by atoms with Crippen molar-refractivity contribution in [2.45, 2.75) is 6.61 Å². The minimum atomic E-state index is -0.246. The molecule has 86 valence electrons. The predicted molar refractivity (Wildman–Crippen MR) is 65.1 cm³/mol. The third kappa shape index (κ3) is 3.14. The molecule has 0 fully saturated rings. The van der Waals surface area contributed by atoms with Gasteiger partial charge in [0.2, 0.25) is 0 Å². The molecule has 0 atom stereocenters. The maximum absolute atomic E-state index is 12.7. The molecule has 0 bridgehead atoms. The van der Waals surface area contributed by atoms with E-state index in [9.17, 15) is 4.39 Å². The molecule has 0 saturated heterocycles. The van der Waals surface area contributed by atoms with Crippen LogP contribution >= 0.6 is 0 Å². The van der Waals surface area contributed by atoms with Gasteiger partial charge in [-0.1, -0.05) is 12.1 Å². The topological polar surface area (TPSA) is 33.1 Å². The van der Waals surface area contributed by atoms with E-state index in [0.29, 0.717) is 6.61 Å². The van der Waals surface area contributed by atoms with Crippen molar-refractivity contribution in [2.75, 3.05) is 0 Å². The molecule has 0 saturated carbocycles. The molecule has 2 aromatic carbocycles. The minimum Gasteiger partial charge on any atom is -0.489 e. The van der Waals surface area contributed by atoms with Gasteiger partial charge in [-0.15, -0.1) is 0 Å². The average molecular weight is 229 g/mol. The van der Waals surface area contributed by atoms with Crippen LogP contribution in [0.3, 0.4) is 0 Å². The van der Waals surface area contributed by atoms with Crippen molar-refractivity contribution in [3.05, 3.63) is 65.5 Å². The summed E-state index contributed by atoms with van der Waals surface area (Å²) in [5.41, 5.74) is 1.75. The summed E-state index contributed by atoms with van der Waals surface area (Å²) in [5.74, 6) is 0.490. The molecule has 3 heteroatoms. The van der Waals surface area contributed by atoms with Gasteiger partial charge in [-0.25, -0.2) is 4.39 Å². The van der Waals surface area contributed by atoms with Gasteiger partial charge in [-0.05, 0) is 47.5 Å². The van der Waals surface area contributed by atoms with Gasteiger partial charge >= 0.3 is 0 Å². The summed E-state index contributed by atoms with van der Waals surface area (Å²) >= 11 is 0. The van der Waals surface area contributed by atoms with E-state index in [1.807, 2.05) is 24.3 Å². The Morgan fingerprint density at radius 1 is 1.00 bits per heavy atom. The third-order valence-corrected chi connectivity index (χ3v) is 2.37. The Hall–Kier alpha value is -2.16. The molecule has 17 heavy (non-hydrogen) atoms. The monoisotopic (exact) mass is 229 g/mol. The summed E-state index contributed by atoms with van der Waals surface area (Å²) in [6.45, 7) is 0.407. The number of hydrogen-bond donors (Lipinski definition) is 1. The van der Waals surface area contributed by atoms with Crippen LogP contribution in [0, 0.1) is 11.2 Å². The van der Waals surface area contributed by atoms with Crippen LogP contribution in [0.15, 0.2) is 48.5 Å². The van der Waals surface area contributed by atoms with E-state index >= 15 is 0 Å². The molecule has 0 radical (unpaired) electrons. The number of nitrogens with one attached hydrogen (secondary N) is 1. The van der Waals surface area contributed by atoms with Gasteiger partial charge in [0.1, 0.15) is 18.2 Å². The lowest BCUT2D eigenvalue weighted by Crippen LogP contribution is -1.95. The van der Waals surface area contributed by atoms with Crippen LogP contribution in [-0.4, -0.2) is 6.21 Å². The van der Waals surface area contributed by atoms with Crippen molar-refractivity contribution in [2.24, 2.45) is 0 Å². The molecule has 0 unspecified atom stereocenters. The van der Waals surface area contributed by atoms with Gasteiger partial charge < -0.3 is 10.1 Å². The maximum Gasteiger partial charge on any atom is 0.123 e. The first-order chi connectivity index (χ1) is 8.28. The summed E-state index contributed by atoms with van der Waals surface area (Å²) in [7, 11) is 0. The lowest BCUT2D eigenvalue weighted by Gasteiger charge is -2.06. The van der Waals surface area contributed by atoms with Crippen LogP contribution < -0.4 is 4.74 Å².